The zero-order chi connectivity index (χ0) is 17.4. The summed E-state index contributed by atoms with van der Waals surface area (Å²) in [6.07, 6.45) is 0.698. The third kappa shape index (κ3) is 2.92. The van der Waals surface area contributed by atoms with Crippen LogP contribution in [0.2, 0.25) is 0 Å². The molecule has 1 aliphatic heterocycles. The molecule has 0 fully saturated rings. The van der Waals surface area contributed by atoms with Crippen LogP contribution in [-0.2, 0) is 6.42 Å². The van der Waals surface area contributed by atoms with Crippen molar-refractivity contribution < 1.29 is 20.1 Å². The number of benzene rings is 2. The molecule has 0 radical (unpaired) electrons. The third-order valence-electron chi connectivity index (χ3n) is 4.78. The molecule has 0 bridgehead atoms. The van der Waals surface area contributed by atoms with E-state index in [2.05, 4.69) is 6.58 Å². The first-order chi connectivity index (χ1) is 11.4. The van der Waals surface area contributed by atoms with Crippen LogP contribution in [-0.4, -0.2) is 21.9 Å². The lowest BCUT2D eigenvalue weighted by Crippen LogP contribution is -2.19. The fourth-order valence-electron chi connectivity index (χ4n) is 3.13. The molecule has 1 aliphatic rings. The molecule has 0 amide bonds. The number of phenols is 3. The number of ether oxygens (including phenoxy) is 1. The summed E-state index contributed by atoms with van der Waals surface area (Å²) in [5, 5.41) is 29.8. The van der Waals surface area contributed by atoms with E-state index in [0.29, 0.717) is 18.8 Å². The van der Waals surface area contributed by atoms with Gasteiger partial charge in [-0.15, -0.1) is 0 Å². The standard InChI is InChI=1S/C20H22O4/c1-11(2)12(3)17-7-13-6-14(10-24-20(13)9-19(17)23)16-5-4-15(21)8-18(16)22/h4-5,7-9,12,14,21-23H,1,6,10H2,2-3H3/t12-,14+/m0/s1. The van der Waals surface area contributed by atoms with Gasteiger partial charge in [-0.2, -0.15) is 0 Å². The summed E-state index contributed by atoms with van der Waals surface area (Å²) >= 11 is 0. The lowest BCUT2D eigenvalue weighted by atomic mass is 9.86. The molecule has 126 valence electrons. The van der Waals surface area contributed by atoms with E-state index >= 15 is 0 Å². The second-order valence-corrected chi connectivity index (χ2v) is 6.54. The fraction of sp³-hybridized carbons (Fsp3) is 0.300. The van der Waals surface area contributed by atoms with Crippen LogP contribution < -0.4 is 4.74 Å². The summed E-state index contributed by atoms with van der Waals surface area (Å²) in [4.78, 5) is 0. The van der Waals surface area contributed by atoms with Crippen molar-refractivity contribution in [2.45, 2.75) is 32.1 Å². The summed E-state index contributed by atoms with van der Waals surface area (Å²) in [7, 11) is 0. The predicted molar refractivity (Wildman–Crippen MR) is 93.0 cm³/mol. The molecule has 1 heterocycles. The SMILES string of the molecule is C=C(C)[C@H](C)c1cc2c(cc1O)OC[C@H](c1ccc(O)cc1O)C2. The van der Waals surface area contributed by atoms with Gasteiger partial charge < -0.3 is 20.1 Å². The molecule has 4 heteroatoms. The van der Waals surface area contributed by atoms with Crippen molar-refractivity contribution in [2.75, 3.05) is 6.61 Å². The quantitative estimate of drug-likeness (QED) is 0.739. The van der Waals surface area contributed by atoms with E-state index in [9.17, 15) is 15.3 Å². The Morgan fingerprint density at radius 1 is 1.17 bits per heavy atom. The van der Waals surface area contributed by atoms with E-state index in [1.165, 1.54) is 6.07 Å². The minimum atomic E-state index is -0.00405. The van der Waals surface area contributed by atoms with Crippen molar-refractivity contribution in [3.05, 3.63) is 59.2 Å². The van der Waals surface area contributed by atoms with Crippen LogP contribution in [0.3, 0.4) is 0 Å². The van der Waals surface area contributed by atoms with Gasteiger partial charge in [0.1, 0.15) is 23.0 Å². The maximum Gasteiger partial charge on any atom is 0.126 e. The number of fused-ring (bicyclic) bond motifs is 1. The van der Waals surface area contributed by atoms with Gasteiger partial charge in [0.2, 0.25) is 0 Å². The van der Waals surface area contributed by atoms with Gasteiger partial charge in [0.05, 0.1) is 6.61 Å². The van der Waals surface area contributed by atoms with Crippen LogP contribution >= 0.6 is 0 Å². The Labute approximate surface area is 141 Å². The smallest absolute Gasteiger partial charge is 0.126 e. The zero-order valence-electron chi connectivity index (χ0n) is 13.9. The first kappa shape index (κ1) is 16.2. The highest BCUT2D eigenvalue weighted by Gasteiger charge is 2.26. The number of hydrogen-bond donors (Lipinski definition) is 3. The number of rotatable bonds is 3. The molecular weight excluding hydrogens is 304 g/mol. The van der Waals surface area contributed by atoms with Gasteiger partial charge in [0.15, 0.2) is 0 Å². The molecule has 0 saturated carbocycles. The average Bonchev–Trinajstić information content (AvgIpc) is 2.53. The van der Waals surface area contributed by atoms with Gasteiger partial charge in [0.25, 0.3) is 0 Å². The van der Waals surface area contributed by atoms with Gasteiger partial charge in [-0.25, -0.2) is 0 Å². The molecule has 2 aromatic rings. The molecule has 4 nitrogen and oxygen atoms in total. The molecule has 24 heavy (non-hydrogen) atoms. The molecule has 0 spiro atoms. The van der Waals surface area contributed by atoms with Gasteiger partial charge in [-0.05, 0) is 31.0 Å². The summed E-state index contributed by atoms with van der Waals surface area (Å²) < 4.78 is 5.80. The highest BCUT2D eigenvalue weighted by molar-refractivity contribution is 5.51. The van der Waals surface area contributed by atoms with Crippen LogP contribution in [0.5, 0.6) is 23.0 Å². The summed E-state index contributed by atoms with van der Waals surface area (Å²) in [5.74, 6) is 1.06. The summed E-state index contributed by atoms with van der Waals surface area (Å²) in [6, 6.07) is 8.26. The second kappa shape index (κ2) is 6.11. The number of aromatic hydroxyl groups is 3. The van der Waals surface area contributed by atoms with Crippen molar-refractivity contribution in [3.63, 3.8) is 0 Å². The van der Waals surface area contributed by atoms with E-state index in [1.54, 1.807) is 18.2 Å². The maximum absolute atomic E-state index is 10.3. The first-order valence-electron chi connectivity index (χ1n) is 8.02. The van der Waals surface area contributed by atoms with Crippen molar-refractivity contribution in [1.29, 1.82) is 0 Å². The van der Waals surface area contributed by atoms with E-state index in [0.717, 1.165) is 22.3 Å². The van der Waals surface area contributed by atoms with Crippen LogP contribution in [0.4, 0.5) is 0 Å². The highest BCUT2D eigenvalue weighted by Crippen LogP contribution is 2.41. The van der Waals surface area contributed by atoms with E-state index < -0.39 is 0 Å². The van der Waals surface area contributed by atoms with E-state index in [-0.39, 0.29) is 29.1 Å². The number of phenolic OH excluding ortho intramolecular Hbond substituents is 3. The summed E-state index contributed by atoms with van der Waals surface area (Å²) in [6.45, 7) is 8.34. The Hall–Kier alpha value is -2.62. The maximum atomic E-state index is 10.3. The van der Waals surface area contributed by atoms with Gasteiger partial charge >= 0.3 is 0 Å². The van der Waals surface area contributed by atoms with Crippen molar-refractivity contribution >= 4 is 0 Å². The normalized spacial score (nSPS) is 17.7. The number of allylic oxidation sites excluding steroid dienone is 1. The molecule has 3 rings (SSSR count). The third-order valence-corrected chi connectivity index (χ3v) is 4.78. The van der Waals surface area contributed by atoms with Gasteiger partial charge in [-0.3, -0.25) is 0 Å². The molecule has 0 saturated heterocycles. The predicted octanol–water partition coefficient (Wildman–Crippen LogP) is 4.20. The van der Waals surface area contributed by atoms with Crippen molar-refractivity contribution in [1.82, 2.24) is 0 Å². The molecule has 0 aliphatic carbocycles. The van der Waals surface area contributed by atoms with E-state index in [4.69, 9.17) is 4.74 Å². The minimum absolute atomic E-state index is 0.00405. The van der Waals surface area contributed by atoms with Crippen molar-refractivity contribution in [2.24, 2.45) is 0 Å². The number of hydrogen-bond acceptors (Lipinski definition) is 4. The van der Waals surface area contributed by atoms with Crippen molar-refractivity contribution in [3.8, 4) is 23.0 Å². The highest BCUT2D eigenvalue weighted by atomic mass is 16.5. The Kier molecular flexibility index (Phi) is 4.14. The first-order valence-corrected chi connectivity index (χ1v) is 8.02. The molecule has 3 N–H and O–H groups in total. The summed E-state index contributed by atoms with van der Waals surface area (Å²) in [5.41, 5.74) is 3.57. The Morgan fingerprint density at radius 3 is 2.58 bits per heavy atom. The van der Waals surface area contributed by atoms with Crippen LogP contribution in [0.15, 0.2) is 42.5 Å². The monoisotopic (exact) mass is 326 g/mol. The largest absolute Gasteiger partial charge is 0.508 e. The average molecular weight is 326 g/mol. The van der Waals surface area contributed by atoms with Gasteiger partial charge in [0, 0.05) is 35.1 Å². The molecular formula is C20H22O4. The van der Waals surface area contributed by atoms with Crippen LogP contribution in [0.25, 0.3) is 0 Å². The van der Waals surface area contributed by atoms with E-state index in [1.807, 2.05) is 19.9 Å². The molecule has 2 aromatic carbocycles. The molecule has 0 unspecified atom stereocenters. The Morgan fingerprint density at radius 2 is 1.92 bits per heavy atom. The lowest BCUT2D eigenvalue weighted by molar-refractivity contribution is 0.258. The topological polar surface area (TPSA) is 69.9 Å². The Balaban J connectivity index is 1.95. The Bertz CT molecular complexity index is 794. The van der Waals surface area contributed by atoms with Crippen LogP contribution in [0.1, 0.15) is 42.4 Å². The van der Waals surface area contributed by atoms with Crippen LogP contribution in [0, 0.1) is 0 Å². The second-order valence-electron chi connectivity index (χ2n) is 6.54. The van der Waals surface area contributed by atoms with Gasteiger partial charge in [-0.1, -0.05) is 25.1 Å². The molecule has 0 aromatic heterocycles. The molecule has 2 atom stereocenters. The fourth-order valence-corrected chi connectivity index (χ4v) is 3.13. The zero-order valence-corrected chi connectivity index (χ0v) is 13.9. The lowest BCUT2D eigenvalue weighted by Gasteiger charge is -2.27. The minimum Gasteiger partial charge on any atom is -0.508 e.